The number of carboxylic acids is 1. The third kappa shape index (κ3) is 2.36. The van der Waals surface area contributed by atoms with Crippen molar-refractivity contribution in [2.24, 2.45) is 5.73 Å². The number of amides is 1. The van der Waals surface area contributed by atoms with E-state index in [4.69, 9.17) is 10.8 Å². The van der Waals surface area contributed by atoms with Crippen LogP contribution in [0.3, 0.4) is 0 Å². The summed E-state index contributed by atoms with van der Waals surface area (Å²) >= 11 is 0. The highest BCUT2D eigenvalue weighted by atomic mass is 16.4. The van der Waals surface area contributed by atoms with Crippen LogP contribution in [0.5, 0.6) is 0 Å². The normalized spacial score (nSPS) is 19.8. The lowest BCUT2D eigenvalue weighted by Crippen LogP contribution is -2.61. The van der Waals surface area contributed by atoms with Gasteiger partial charge < -0.3 is 16.2 Å². The lowest BCUT2D eigenvalue weighted by Gasteiger charge is -2.38. The molecule has 0 aromatic heterocycles. The second-order valence-corrected chi connectivity index (χ2v) is 3.86. The van der Waals surface area contributed by atoms with Crippen molar-refractivity contribution in [1.82, 2.24) is 5.32 Å². The van der Waals surface area contributed by atoms with Crippen LogP contribution in [0.4, 0.5) is 0 Å². The Morgan fingerprint density at radius 3 is 2.53 bits per heavy atom. The second-order valence-electron chi connectivity index (χ2n) is 3.86. The molecule has 0 saturated heterocycles. The Morgan fingerprint density at radius 2 is 2.20 bits per heavy atom. The molecule has 1 aliphatic carbocycles. The zero-order chi connectivity index (χ0) is 11.5. The minimum absolute atomic E-state index is 0.349. The minimum atomic E-state index is -1.07. The van der Waals surface area contributed by atoms with Crippen LogP contribution in [-0.2, 0) is 9.59 Å². The lowest BCUT2D eigenvalue weighted by molar-refractivity contribution is -0.152. The molecule has 1 amide bonds. The maximum atomic E-state index is 11.5. The van der Waals surface area contributed by atoms with Crippen LogP contribution in [0.15, 0.2) is 12.7 Å². The van der Waals surface area contributed by atoms with Crippen LogP contribution < -0.4 is 11.1 Å². The quantitative estimate of drug-likeness (QED) is 0.560. The summed E-state index contributed by atoms with van der Waals surface area (Å²) < 4.78 is 0. The Bertz CT molecular complexity index is 284. The first-order chi connectivity index (χ1) is 7.02. The smallest absolute Gasteiger partial charge is 0.329 e. The van der Waals surface area contributed by atoms with E-state index in [1.165, 1.54) is 0 Å². The number of hydrogen-bond acceptors (Lipinski definition) is 3. The SMILES string of the molecule is C=CCC(N)C(=O)NC1(C(=O)O)CCC1. The molecular weight excluding hydrogens is 196 g/mol. The lowest BCUT2D eigenvalue weighted by atomic mass is 9.76. The fraction of sp³-hybridized carbons (Fsp3) is 0.600. The number of nitrogens with one attached hydrogen (secondary N) is 1. The van der Waals surface area contributed by atoms with E-state index < -0.39 is 23.5 Å². The summed E-state index contributed by atoms with van der Waals surface area (Å²) in [5, 5.41) is 11.5. The molecule has 0 aromatic rings. The van der Waals surface area contributed by atoms with Gasteiger partial charge in [-0.15, -0.1) is 6.58 Å². The van der Waals surface area contributed by atoms with E-state index in [1.807, 2.05) is 0 Å². The van der Waals surface area contributed by atoms with Crippen molar-refractivity contribution in [2.75, 3.05) is 0 Å². The van der Waals surface area contributed by atoms with Crippen LogP contribution in [0.2, 0.25) is 0 Å². The predicted octanol–water partition coefficient (Wildman–Crippen LogP) is 0.0133. The van der Waals surface area contributed by atoms with E-state index in [9.17, 15) is 9.59 Å². The van der Waals surface area contributed by atoms with E-state index in [1.54, 1.807) is 6.08 Å². The largest absolute Gasteiger partial charge is 0.480 e. The van der Waals surface area contributed by atoms with Gasteiger partial charge in [0.15, 0.2) is 0 Å². The van der Waals surface area contributed by atoms with Crippen molar-refractivity contribution in [2.45, 2.75) is 37.3 Å². The van der Waals surface area contributed by atoms with Gasteiger partial charge in [0.1, 0.15) is 5.54 Å². The first kappa shape index (κ1) is 11.7. The second kappa shape index (κ2) is 4.44. The van der Waals surface area contributed by atoms with Crippen molar-refractivity contribution in [3.8, 4) is 0 Å². The van der Waals surface area contributed by atoms with E-state index >= 15 is 0 Å². The molecule has 0 aromatic carbocycles. The number of carbonyl (C=O) groups excluding carboxylic acids is 1. The Hall–Kier alpha value is -1.36. The van der Waals surface area contributed by atoms with Gasteiger partial charge in [-0.05, 0) is 25.7 Å². The molecule has 0 bridgehead atoms. The topological polar surface area (TPSA) is 92.4 Å². The maximum absolute atomic E-state index is 11.5. The Balaban J connectivity index is 2.56. The van der Waals surface area contributed by atoms with Crippen LogP contribution >= 0.6 is 0 Å². The molecule has 1 aliphatic rings. The average Bonchev–Trinajstić information content (AvgIpc) is 2.10. The molecule has 15 heavy (non-hydrogen) atoms. The first-order valence-electron chi connectivity index (χ1n) is 4.94. The van der Waals surface area contributed by atoms with E-state index in [0.29, 0.717) is 19.3 Å². The van der Waals surface area contributed by atoms with Gasteiger partial charge in [0.25, 0.3) is 0 Å². The summed E-state index contributed by atoms with van der Waals surface area (Å²) in [4.78, 5) is 22.4. The minimum Gasteiger partial charge on any atom is -0.480 e. The van der Waals surface area contributed by atoms with Gasteiger partial charge in [0.05, 0.1) is 6.04 Å². The summed E-state index contributed by atoms with van der Waals surface area (Å²) in [6.07, 6.45) is 3.67. The molecule has 0 spiro atoms. The fourth-order valence-corrected chi connectivity index (χ4v) is 1.54. The molecule has 0 radical (unpaired) electrons. The molecule has 84 valence electrons. The molecule has 1 unspecified atom stereocenters. The molecule has 4 N–H and O–H groups in total. The fourth-order valence-electron chi connectivity index (χ4n) is 1.54. The molecule has 1 saturated carbocycles. The van der Waals surface area contributed by atoms with Crippen LogP contribution in [0.25, 0.3) is 0 Å². The van der Waals surface area contributed by atoms with Crippen LogP contribution in [0.1, 0.15) is 25.7 Å². The molecular formula is C10H16N2O3. The van der Waals surface area contributed by atoms with Crippen molar-refractivity contribution in [3.05, 3.63) is 12.7 Å². The van der Waals surface area contributed by atoms with Gasteiger partial charge in [0, 0.05) is 0 Å². The van der Waals surface area contributed by atoms with Gasteiger partial charge >= 0.3 is 5.97 Å². The van der Waals surface area contributed by atoms with Crippen molar-refractivity contribution in [1.29, 1.82) is 0 Å². The van der Waals surface area contributed by atoms with Crippen LogP contribution in [-0.4, -0.2) is 28.6 Å². The maximum Gasteiger partial charge on any atom is 0.329 e. The van der Waals surface area contributed by atoms with Gasteiger partial charge in [0.2, 0.25) is 5.91 Å². The summed E-state index contributed by atoms with van der Waals surface area (Å²) in [6, 6.07) is -0.709. The summed E-state index contributed by atoms with van der Waals surface area (Å²) in [5.74, 6) is -1.40. The Labute approximate surface area is 88.3 Å². The Morgan fingerprint density at radius 1 is 1.60 bits per heavy atom. The van der Waals surface area contributed by atoms with E-state index in [2.05, 4.69) is 11.9 Å². The summed E-state index contributed by atoms with van der Waals surface area (Å²) in [5.41, 5.74) is 4.46. The van der Waals surface area contributed by atoms with Gasteiger partial charge in [-0.1, -0.05) is 6.08 Å². The van der Waals surface area contributed by atoms with E-state index in [-0.39, 0.29) is 0 Å². The van der Waals surface area contributed by atoms with Gasteiger partial charge in [-0.25, -0.2) is 4.79 Å². The third-order valence-electron chi connectivity index (χ3n) is 2.74. The molecule has 0 heterocycles. The average molecular weight is 212 g/mol. The zero-order valence-corrected chi connectivity index (χ0v) is 8.53. The number of rotatable bonds is 5. The van der Waals surface area contributed by atoms with Gasteiger partial charge in [-0.2, -0.15) is 0 Å². The van der Waals surface area contributed by atoms with E-state index in [0.717, 1.165) is 6.42 Å². The molecule has 5 nitrogen and oxygen atoms in total. The number of hydrogen-bond donors (Lipinski definition) is 3. The Kier molecular flexibility index (Phi) is 3.47. The third-order valence-corrected chi connectivity index (χ3v) is 2.74. The highest BCUT2D eigenvalue weighted by molar-refractivity contribution is 5.90. The van der Waals surface area contributed by atoms with Crippen molar-refractivity contribution in [3.63, 3.8) is 0 Å². The standard InChI is InChI=1S/C10H16N2O3/c1-2-4-7(11)8(13)12-10(9(14)15)5-3-6-10/h2,7H,1,3-6,11H2,(H,12,13)(H,14,15). The predicted molar refractivity (Wildman–Crippen MR) is 55.1 cm³/mol. The van der Waals surface area contributed by atoms with Crippen molar-refractivity contribution < 1.29 is 14.7 Å². The molecule has 5 heteroatoms. The number of carbonyl (C=O) groups is 2. The monoisotopic (exact) mass is 212 g/mol. The summed E-state index contributed by atoms with van der Waals surface area (Å²) in [7, 11) is 0. The zero-order valence-electron chi connectivity index (χ0n) is 8.53. The highest BCUT2D eigenvalue weighted by Crippen LogP contribution is 2.32. The van der Waals surface area contributed by atoms with Crippen LogP contribution in [0, 0.1) is 0 Å². The van der Waals surface area contributed by atoms with Crippen molar-refractivity contribution >= 4 is 11.9 Å². The molecule has 1 rings (SSSR count). The van der Waals surface area contributed by atoms with Gasteiger partial charge in [-0.3, -0.25) is 4.79 Å². The molecule has 0 aliphatic heterocycles. The summed E-state index contributed by atoms with van der Waals surface area (Å²) in [6.45, 7) is 3.47. The number of nitrogens with two attached hydrogens (primary N) is 1. The number of aliphatic carboxylic acids is 1. The first-order valence-corrected chi connectivity index (χ1v) is 4.94. The molecule has 1 fully saturated rings. The molecule has 1 atom stereocenters. The highest BCUT2D eigenvalue weighted by Gasteiger charge is 2.46. The number of carboxylic acid groups (broad SMARTS) is 1.